The Morgan fingerprint density at radius 2 is 1.82 bits per heavy atom. The fraction of sp³-hybridized carbons (Fsp3) is 0.304. The molecule has 5 heteroatoms. The van der Waals surface area contributed by atoms with Crippen molar-refractivity contribution in [1.29, 1.82) is 0 Å². The highest BCUT2D eigenvalue weighted by Gasteiger charge is 2.41. The Hall–Kier alpha value is -3.08. The van der Waals surface area contributed by atoms with Crippen LogP contribution in [0.2, 0.25) is 0 Å². The molecule has 1 aliphatic heterocycles. The van der Waals surface area contributed by atoms with E-state index in [4.69, 9.17) is 4.74 Å². The minimum Gasteiger partial charge on any atom is -0.497 e. The summed E-state index contributed by atoms with van der Waals surface area (Å²) in [5.74, 6) is -0.0696. The van der Waals surface area contributed by atoms with E-state index in [1.54, 1.807) is 31.4 Å². The lowest BCUT2D eigenvalue weighted by atomic mass is 9.97. The molecule has 0 spiro atoms. The lowest BCUT2D eigenvalue weighted by Gasteiger charge is -2.15. The van der Waals surface area contributed by atoms with E-state index in [0.717, 1.165) is 35.9 Å². The zero-order valence-electron chi connectivity index (χ0n) is 16.2. The summed E-state index contributed by atoms with van der Waals surface area (Å²) in [6.07, 6.45) is 4.45. The molecule has 0 radical (unpaired) electrons. The van der Waals surface area contributed by atoms with Crippen molar-refractivity contribution in [3.8, 4) is 5.75 Å². The molecule has 5 nitrogen and oxygen atoms in total. The molecule has 3 aromatic rings. The van der Waals surface area contributed by atoms with Gasteiger partial charge in [0, 0.05) is 30.1 Å². The highest BCUT2D eigenvalue weighted by molar-refractivity contribution is 6.23. The Labute approximate surface area is 164 Å². The number of methoxy groups -OCH3 is 1. The molecule has 2 aromatic carbocycles. The third-order valence-corrected chi connectivity index (χ3v) is 5.42. The van der Waals surface area contributed by atoms with Gasteiger partial charge < -0.3 is 9.30 Å². The van der Waals surface area contributed by atoms with E-state index in [2.05, 4.69) is 23.8 Å². The Morgan fingerprint density at radius 1 is 1.07 bits per heavy atom. The number of ether oxygens (including phenoxy) is 1. The topological polar surface area (TPSA) is 51.5 Å². The molecule has 1 aromatic heterocycles. The van der Waals surface area contributed by atoms with Gasteiger partial charge in [-0.2, -0.15) is 0 Å². The number of carbonyl (C=O) groups excluding carboxylic acids is 2. The van der Waals surface area contributed by atoms with Gasteiger partial charge in [-0.15, -0.1) is 0 Å². The number of rotatable bonds is 6. The van der Waals surface area contributed by atoms with Gasteiger partial charge in [-0.3, -0.25) is 14.5 Å². The van der Waals surface area contributed by atoms with Crippen LogP contribution in [0.4, 0.5) is 5.69 Å². The first-order valence-electron chi connectivity index (χ1n) is 9.72. The smallest absolute Gasteiger partial charge is 0.241 e. The molecular weight excluding hydrogens is 352 g/mol. The van der Waals surface area contributed by atoms with Gasteiger partial charge in [0.15, 0.2) is 0 Å². The Kier molecular flexibility index (Phi) is 4.90. The molecule has 0 bridgehead atoms. The van der Waals surface area contributed by atoms with E-state index in [9.17, 15) is 9.59 Å². The van der Waals surface area contributed by atoms with E-state index in [1.807, 2.05) is 18.2 Å². The maximum absolute atomic E-state index is 13.2. The predicted molar refractivity (Wildman–Crippen MR) is 110 cm³/mol. The fourth-order valence-corrected chi connectivity index (χ4v) is 3.94. The van der Waals surface area contributed by atoms with E-state index in [0.29, 0.717) is 11.4 Å². The van der Waals surface area contributed by atoms with Crippen molar-refractivity contribution in [2.75, 3.05) is 12.0 Å². The lowest BCUT2D eigenvalue weighted by molar-refractivity contribution is -0.121. The molecule has 4 rings (SSSR count). The van der Waals surface area contributed by atoms with E-state index >= 15 is 0 Å². The number of hydrogen-bond acceptors (Lipinski definition) is 3. The van der Waals surface area contributed by atoms with E-state index in [-0.39, 0.29) is 18.2 Å². The summed E-state index contributed by atoms with van der Waals surface area (Å²) in [4.78, 5) is 27.2. The van der Waals surface area contributed by atoms with Crippen LogP contribution in [0.15, 0.2) is 54.7 Å². The van der Waals surface area contributed by atoms with Crippen molar-refractivity contribution in [2.45, 2.75) is 38.6 Å². The van der Waals surface area contributed by atoms with Crippen LogP contribution in [0.1, 0.15) is 37.7 Å². The number of aryl methyl sites for hydroxylation is 1. The molecule has 0 N–H and O–H groups in total. The van der Waals surface area contributed by atoms with Crippen LogP contribution in [0, 0.1) is 0 Å². The Morgan fingerprint density at radius 3 is 2.54 bits per heavy atom. The minimum atomic E-state index is -0.442. The van der Waals surface area contributed by atoms with Gasteiger partial charge in [0.05, 0.1) is 18.7 Å². The highest BCUT2D eigenvalue weighted by Crippen LogP contribution is 2.37. The quantitative estimate of drug-likeness (QED) is 0.595. The van der Waals surface area contributed by atoms with Gasteiger partial charge in [-0.25, -0.2) is 0 Å². The number of aromatic nitrogens is 1. The summed E-state index contributed by atoms with van der Waals surface area (Å²) in [7, 11) is 1.59. The number of hydrogen-bond donors (Lipinski definition) is 0. The predicted octanol–water partition coefficient (Wildman–Crippen LogP) is 4.50. The third-order valence-electron chi connectivity index (χ3n) is 5.42. The SMILES string of the molecule is CCCCn1cc([C@H]2CC(=O)N(c3ccc(OC)cc3)C2=O)c2ccccc21. The third kappa shape index (κ3) is 3.07. The van der Waals surface area contributed by atoms with Crippen molar-refractivity contribution in [3.63, 3.8) is 0 Å². The number of fused-ring (bicyclic) bond motifs is 1. The number of unbranched alkanes of at least 4 members (excludes halogenated alkanes) is 1. The number of imide groups is 1. The number of para-hydroxylation sites is 1. The largest absolute Gasteiger partial charge is 0.497 e. The van der Waals surface area contributed by atoms with Gasteiger partial charge in [-0.05, 0) is 42.3 Å². The molecular formula is C23H24N2O3. The second-order valence-corrected chi connectivity index (χ2v) is 7.17. The van der Waals surface area contributed by atoms with Crippen LogP contribution in [-0.2, 0) is 16.1 Å². The van der Waals surface area contributed by atoms with E-state index < -0.39 is 5.92 Å². The monoisotopic (exact) mass is 376 g/mol. The normalized spacial score (nSPS) is 16.9. The number of anilines is 1. The first-order valence-corrected chi connectivity index (χ1v) is 9.72. The average Bonchev–Trinajstić information content (AvgIpc) is 3.23. The first-order chi connectivity index (χ1) is 13.6. The summed E-state index contributed by atoms with van der Waals surface area (Å²) in [6.45, 7) is 3.08. The van der Waals surface area contributed by atoms with Crippen molar-refractivity contribution in [2.24, 2.45) is 0 Å². The molecule has 1 saturated heterocycles. The molecule has 1 aliphatic rings. The number of carbonyl (C=O) groups is 2. The second kappa shape index (κ2) is 7.50. The van der Waals surface area contributed by atoms with Crippen LogP contribution in [0.5, 0.6) is 5.75 Å². The van der Waals surface area contributed by atoms with Crippen LogP contribution < -0.4 is 9.64 Å². The molecule has 1 atom stereocenters. The van der Waals surface area contributed by atoms with Crippen molar-refractivity contribution in [3.05, 3.63) is 60.3 Å². The van der Waals surface area contributed by atoms with Crippen molar-refractivity contribution in [1.82, 2.24) is 4.57 Å². The minimum absolute atomic E-state index is 0.159. The Balaban J connectivity index is 1.70. The highest BCUT2D eigenvalue weighted by atomic mass is 16.5. The van der Waals surface area contributed by atoms with Crippen LogP contribution in [0.3, 0.4) is 0 Å². The molecule has 2 heterocycles. The van der Waals surface area contributed by atoms with Crippen LogP contribution in [-0.4, -0.2) is 23.5 Å². The van der Waals surface area contributed by atoms with Crippen molar-refractivity contribution >= 4 is 28.4 Å². The second-order valence-electron chi connectivity index (χ2n) is 7.17. The summed E-state index contributed by atoms with van der Waals surface area (Å²) in [5, 5.41) is 1.06. The van der Waals surface area contributed by atoms with Gasteiger partial charge in [0.2, 0.25) is 11.8 Å². The molecule has 28 heavy (non-hydrogen) atoms. The summed E-state index contributed by atoms with van der Waals surface area (Å²) in [5.41, 5.74) is 2.66. The molecule has 2 amide bonds. The summed E-state index contributed by atoms with van der Waals surface area (Å²) < 4.78 is 7.38. The lowest BCUT2D eigenvalue weighted by Crippen LogP contribution is -2.29. The number of benzene rings is 2. The molecule has 0 aliphatic carbocycles. The first kappa shape index (κ1) is 18.3. The van der Waals surface area contributed by atoms with Gasteiger partial charge >= 0.3 is 0 Å². The molecule has 1 fully saturated rings. The zero-order chi connectivity index (χ0) is 19.7. The fourth-order valence-electron chi connectivity index (χ4n) is 3.94. The number of nitrogens with zero attached hydrogens (tertiary/aromatic N) is 2. The Bertz CT molecular complexity index is 1020. The maximum atomic E-state index is 13.2. The maximum Gasteiger partial charge on any atom is 0.241 e. The molecule has 0 unspecified atom stereocenters. The van der Waals surface area contributed by atoms with Gasteiger partial charge in [0.25, 0.3) is 0 Å². The van der Waals surface area contributed by atoms with E-state index in [1.165, 1.54) is 4.90 Å². The summed E-state index contributed by atoms with van der Waals surface area (Å²) >= 11 is 0. The van der Waals surface area contributed by atoms with Crippen molar-refractivity contribution < 1.29 is 14.3 Å². The molecule has 0 saturated carbocycles. The van der Waals surface area contributed by atoms with Gasteiger partial charge in [-0.1, -0.05) is 31.5 Å². The summed E-state index contributed by atoms with van der Waals surface area (Å²) in [6, 6.07) is 15.2. The van der Waals surface area contributed by atoms with Crippen LogP contribution >= 0.6 is 0 Å². The van der Waals surface area contributed by atoms with Gasteiger partial charge in [0.1, 0.15) is 5.75 Å². The standard InChI is InChI=1S/C23H24N2O3/c1-3-4-13-24-15-20(18-7-5-6-8-21(18)24)19-14-22(26)25(23(19)27)16-9-11-17(28-2)12-10-16/h5-12,15,19H,3-4,13-14H2,1-2H3/t19-/m1/s1. The molecule has 144 valence electrons. The zero-order valence-corrected chi connectivity index (χ0v) is 16.2. The number of amides is 2. The average molecular weight is 376 g/mol. The van der Waals surface area contributed by atoms with Crippen LogP contribution in [0.25, 0.3) is 10.9 Å².